The van der Waals surface area contributed by atoms with E-state index in [1.807, 2.05) is 60.7 Å². The van der Waals surface area contributed by atoms with Crippen LogP contribution in [0.3, 0.4) is 0 Å². The second-order valence-electron chi connectivity index (χ2n) is 6.29. The van der Waals surface area contributed by atoms with Crippen LogP contribution in [0.15, 0.2) is 76.3 Å². The summed E-state index contributed by atoms with van der Waals surface area (Å²) in [7, 11) is 0. The standard InChI is InChI=1S/C21H13N5O2/c27-20-14-11-15-19(23-17(26-21(15)28)13-9-5-2-6-10-13)24-18(14)22-16(25-20)12-7-3-1-4-8-12/h1-11H,(H2,22,23,24,25,26,27,28). The van der Waals surface area contributed by atoms with Crippen LogP contribution in [0.5, 0.6) is 0 Å². The predicted octanol–water partition coefficient (Wildman–Crippen LogP) is 2.89. The van der Waals surface area contributed by atoms with Gasteiger partial charge in [-0.15, -0.1) is 0 Å². The lowest BCUT2D eigenvalue weighted by molar-refractivity contribution is 1.13. The van der Waals surface area contributed by atoms with E-state index in [2.05, 4.69) is 24.9 Å². The molecule has 0 fully saturated rings. The van der Waals surface area contributed by atoms with Crippen LogP contribution in [0, 0.1) is 0 Å². The van der Waals surface area contributed by atoms with Gasteiger partial charge in [-0.05, 0) is 6.07 Å². The molecule has 3 aromatic heterocycles. The van der Waals surface area contributed by atoms with Crippen molar-refractivity contribution in [1.29, 1.82) is 0 Å². The van der Waals surface area contributed by atoms with E-state index in [1.54, 1.807) is 0 Å². The molecule has 0 aliphatic carbocycles. The summed E-state index contributed by atoms with van der Waals surface area (Å²) in [6.45, 7) is 0. The summed E-state index contributed by atoms with van der Waals surface area (Å²) < 4.78 is 0. The van der Waals surface area contributed by atoms with Gasteiger partial charge in [0.25, 0.3) is 11.1 Å². The highest BCUT2D eigenvalue weighted by Gasteiger charge is 2.13. The van der Waals surface area contributed by atoms with Crippen molar-refractivity contribution in [2.45, 2.75) is 0 Å². The van der Waals surface area contributed by atoms with Gasteiger partial charge in [-0.3, -0.25) is 9.59 Å². The first-order valence-corrected chi connectivity index (χ1v) is 8.65. The van der Waals surface area contributed by atoms with E-state index in [0.29, 0.717) is 11.6 Å². The van der Waals surface area contributed by atoms with Crippen molar-refractivity contribution in [3.8, 4) is 22.8 Å². The first kappa shape index (κ1) is 16.1. The smallest absolute Gasteiger partial charge is 0.260 e. The molecule has 7 heteroatoms. The number of pyridine rings is 1. The third-order valence-electron chi connectivity index (χ3n) is 4.47. The molecule has 0 radical (unpaired) electrons. The summed E-state index contributed by atoms with van der Waals surface area (Å²) in [6.07, 6.45) is 0. The van der Waals surface area contributed by atoms with E-state index in [-0.39, 0.29) is 33.2 Å². The fraction of sp³-hybridized carbons (Fsp3) is 0. The molecule has 7 nitrogen and oxygen atoms in total. The Bertz CT molecular complexity index is 1330. The highest BCUT2D eigenvalue weighted by molar-refractivity contribution is 5.89. The Labute approximate surface area is 157 Å². The molecular formula is C21H13N5O2. The maximum Gasteiger partial charge on any atom is 0.260 e. The van der Waals surface area contributed by atoms with Crippen molar-refractivity contribution in [2.24, 2.45) is 0 Å². The molecule has 2 aromatic carbocycles. The highest BCUT2D eigenvalue weighted by Crippen LogP contribution is 2.19. The first-order chi connectivity index (χ1) is 13.7. The molecule has 134 valence electrons. The number of nitrogens with one attached hydrogen (secondary N) is 2. The van der Waals surface area contributed by atoms with E-state index in [4.69, 9.17) is 0 Å². The van der Waals surface area contributed by atoms with E-state index >= 15 is 0 Å². The van der Waals surface area contributed by atoms with E-state index in [0.717, 1.165) is 11.1 Å². The number of rotatable bonds is 2. The summed E-state index contributed by atoms with van der Waals surface area (Å²) in [5.74, 6) is 0.830. The number of aromatic nitrogens is 5. The maximum atomic E-state index is 12.5. The van der Waals surface area contributed by atoms with Crippen molar-refractivity contribution < 1.29 is 0 Å². The van der Waals surface area contributed by atoms with E-state index in [9.17, 15) is 9.59 Å². The lowest BCUT2D eigenvalue weighted by Gasteiger charge is -2.05. The second-order valence-corrected chi connectivity index (χ2v) is 6.29. The van der Waals surface area contributed by atoms with Crippen LogP contribution in [0.4, 0.5) is 0 Å². The number of hydrogen-bond acceptors (Lipinski definition) is 5. The SMILES string of the molecule is O=c1[nH]c(-c2ccccc2)nc2nc3nc(-c4ccccc4)[nH]c(=O)c3cc12. The summed E-state index contributed by atoms with van der Waals surface area (Å²) in [5.41, 5.74) is 1.31. The second kappa shape index (κ2) is 6.24. The molecule has 28 heavy (non-hydrogen) atoms. The molecule has 5 rings (SSSR count). The molecule has 0 amide bonds. The molecule has 0 saturated carbocycles. The topological polar surface area (TPSA) is 104 Å². The van der Waals surface area contributed by atoms with Crippen LogP contribution in [0.1, 0.15) is 0 Å². The van der Waals surface area contributed by atoms with Crippen LogP contribution in [-0.4, -0.2) is 24.9 Å². The Morgan fingerprint density at radius 2 is 1.00 bits per heavy atom. The van der Waals surface area contributed by atoms with E-state index in [1.165, 1.54) is 6.07 Å². The minimum atomic E-state index is -0.357. The predicted molar refractivity (Wildman–Crippen MR) is 107 cm³/mol. The van der Waals surface area contributed by atoms with Crippen molar-refractivity contribution in [3.05, 3.63) is 87.4 Å². The molecule has 0 aliphatic heterocycles. The van der Waals surface area contributed by atoms with E-state index < -0.39 is 0 Å². The minimum absolute atomic E-state index is 0.243. The van der Waals surface area contributed by atoms with Crippen molar-refractivity contribution >= 4 is 22.1 Å². The fourth-order valence-corrected chi connectivity index (χ4v) is 3.08. The normalized spacial score (nSPS) is 11.1. The molecule has 5 aromatic rings. The summed E-state index contributed by atoms with van der Waals surface area (Å²) in [6, 6.07) is 20.1. The zero-order valence-corrected chi connectivity index (χ0v) is 14.5. The number of fused-ring (bicyclic) bond motifs is 2. The monoisotopic (exact) mass is 367 g/mol. The van der Waals surface area contributed by atoms with Crippen LogP contribution in [-0.2, 0) is 0 Å². The minimum Gasteiger partial charge on any atom is -0.306 e. The molecule has 3 heterocycles. The van der Waals surface area contributed by atoms with Crippen LogP contribution < -0.4 is 11.1 Å². The molecule has 2 N–H and O–H groups in total. The van der Waals surface area contributed by atoms with Gasteiger partial charge in [-0.25, -0.2) is 15.0 Å². The van der Waals surface area contributed by atoms with Gasteiger partial charge in [0, 0.05) is 11.1 Å². The molecule has 0 bridgehead atoms. The molecule has 0 spiro atoms. The third-order valence-corrected chi connectivity index (χ3v) is 4.47. The molecule has 0 saturated heterocycles. The van der Waals surface area contributed by atoms with Crippen molar-refractivity contribution in [2.75, 3.05) is 0 Å². The summed E-state index contributed by atoms with van der Waals surface area (Å²) in [4.78, 5) is 43.9. The Kier molecular flexibility index (Phi) is 3.58. The lowest BCUT2D eigenvalue weighted by atomic mass is 10.2. The largest absolute Gasteiger partial charge is 0.306 e. The lowest BCUT2D eigenvalue weighted by Crippen LogP contribution is -2.14. The van der Waals surface area contributed by atoms with Gasteiger partial charge in [0.05, 0.1) is 10.8 Å². The average molecular weight is 367 g/mol. The number of H-pyrrole nitrogens is 2. The van der Waals surface area contributed by atoms with Gasteiger partial charge in [0.2, 0.25) is 0 Å². The quantitative estimate of drug-likeness (QED) is 0.467. The Balaban J connectivity index is 1.78. The van der Waals surface area contributed by atoms with Gasteiger partial charge in [-0.1, -0.05) is 60.7 Å². The first-order valence-electron chi connectivity index (χ1n) is 8.65. The van der Waals surface area contributed by atoms with Gasteiger partial charge in [-0.2, -0.15) is 0 Å². The highest BCUT2D eigenvalue weighted by atomic mass is 16.1. The zero-order valence-electron chi connectivity index (χ0n) is 14.5. The van der Waals surface area contributed by atoms with Gasteiger partial charge >= 0.3 is 0 Å². The third kappa shape index (κ3) is 2.66. The van der Waals surface area contributed by atoms with Gasteiger partial charge < -0.3 is 9.97 Å². The number of aromatic amines is 2. The number of nitrogens with zero attached hydrogens (tertiary/aromatic N) is 3. The molecule has 0 atom stereocenters. The van der Waals surface area contributed by atoms with Crippen molar-refractivity contribution in [1.82, 2.24) is 24.9 Å². The maximum absolute atomic E-state index is 12.5. The molecular weight excluding hydrogens is 354 g/mol. The fourth-order valence-electron chi connectivity index (χ4n) is 3.08. The number of benzene rings is 2. The van der Waals surface area contributed by atoms with Gasteiger partial charge in [0.1, 0.15) is 11.6 Å². The Hall–Kier alpha value is -4.13. The Morgan fingerprint density at radius 1 is 0.571 bits per heavy atom. The summed E-state index contributed by atoms with van der Waals surface area (Å²) >= 11 is 0. The molecule has 0 unspecified atom stereocenters. The van der Waals surface area contributed by atoms with Crippen LogP contribution in [0.25, 0.3) is 44.8 Å². The Morgan fingerprint density at radius 3 is 1.43 bits per heavy atom. The summed E-state index contributed by atoms with van der Waals surface area (Å²) in [5, 5.41) is 0.485. The average Bonchev–Trinajstić information content (AvgIpc) is 2.74. The van der Waals surface area contributed by atoms with Crippen molar-refractivity contribution in [3.63, 3.8) is 0 Å². The van der Waals surface area contributed by atoms with Crippen LogP contribution >= 0.6 is 0 Å². The zero-order chi connectivity index (χ0) is 19.1. The number of hydrogen-bond donors (Lipinski definition) is 2. The van der Waals surface area contributed by atoms with Crippen LogP contribution in [0.2, 0.25) is 0 Å². The molecule has 0 aliphatic rings. The van der Waals surface area contributed by atoms with Gasteiger partial charge in [0.15, 0.2) is 11.3 Å².